The molecule has 2 N–H and O–H groups in total. The summed E-state index contributed by atoms with van der Waals surface area (Å²) in [5.41, 5.74) is 0.807. The summed E-state index contributed by atoms with van der Waals surface area (Å²) in [6, 6.07) is 3.50. The standard InChI is InChI=1S/C12H18O5/c1-15-10-5-8(4-9(14)7-13)6-11(16-2)12(10)17-3/h5-6,9,13-14H,4,7H2,1-3H3. The zero-order chi connectivity index (χ0) is 12.8. The van der Waals surface area contributed by atoms with Crippen LogP contribution in [0, 0.1) is 0 Å². The Morgan fingerprint density at radius 3 is 1.94 bits per heavy atom. The Balaban J connectivity index is 3.08. The van der Waals surface area contributed by atoms with Crippen molar-refractivity contribution in [3.8, 4) is 17.2 Å². The monoisotopic (exact) mass is 242 g/mol. The van der Waals surface area contributed by atoms with E-state index in [2.05, 4.69) is 0 Å². The van der Waals surface area contributed by atoms with Gasteiger partial charge in [-0.15, -0.1) is 0 Å². The Hall–Kier alpha value is -1.46. The molecule has 1 unspecified atom stereocenters. The molecule has 1 aromatic carbocycles. The molecule has 0 aliphatic rings. The summed E-state index contributed by atoms with van der Waals surface area (Å²) < 4.78 is 15.6. The Morgan fingerprint density at radius 2 is 1.59 bits per heavy atom. The van der Waals surface area contributed by atoms with Crippen molar-refractivity contribution in [3.63, 3.8) is 0 Å². The Labute approximate surface area is 101 Å². The van der Waals surface area contributed by atoms with Gasteiger partial charge in [0.2, 0.25) is 5.75 Å². The molecule has 0 spiro atoms. The molecule has 17 heavy (non-hydrogen) atoms. The fourth-order valence-corrected chi connectivity index (χ4v) is 1.59. The van der Waals surface area contributed by atoms with Gasteiger partial charge >= 0.3 is 0 Å². The quantitative estimate of drug-likeness (QED) is 0.765. The van der Waals surface area contributed by atoms with Crippen molar-refractivity contribution in [3.05, 3.63) is 17.7 Å². The number of hydrogen-bond donors (Lipinski definition) is 2. The molecule has 0 heterocycles. The smallest absolute Gasteiger partial charge is 0.203 e. The predicted molar refractivity (Wildman–Crippen MR) is 62.9 cm³/mol. The molecule has 0 saturated heterocycles. The number of benzene rings is 1. The summed E-state index contributed by atoms with van der Waals surface area (Å²) >= 11 is 0. The molecule has 5 heteroatoms. The van der Waals surface area contributed by atoms with Crippen LogP contribution in [0.15, 0.2) is 12.1 Å². The third-order valence-electron chi connectivity index (χ3n) is 2.41. The Morgan fingerprint density at radius 1 is 1.06 bits per heavy atom. The molecule has 0 radical (unpaired) electrons. The second kappa shape index (κ2) is 6.32. The van der Waals surface area contributed by atoms with Gasteiger partial charge in [0.1, 0.15) is 0 Å². The summed E-state index contributed by atoms with van der Waals surface area (Å²) in [5, 5.41) is 18.2. The van der Waals surface area contributed by atoms with Crippen molar-refractivity contribution in [2.24, 2.45) is 0 Å². The first kappa shape index (κ1) is 13.6. The minimum atomic E-state index is -0.794. The first-order valence-electron chi connectivity index (χ1n) is 5.24. The number of ether oxygens (including phenoxy) is 3. The lowest BCUT2D eigenvalue weighted by Gasteiger charge is -2.15. The lowest BCUT2D eigenvalue weighted by molar-refractivity contribution is 0.0954. The summed E-state index contributed by atoms with van der Waals surface area (Å²) in [6.45, 7) is -0.281. The topological polar surface area (TPSA) is 68.2 Å². The van der Waals surface area contributed by atoms with Crippen LogP contribution in [0.3, 0.4) is 0 Å². The molecule has 1 atom stereocenters. The third kappa shape index (κ3) is 3.25. The van der Waals surface area contributed by atoms with Gasteiger partial charge in [0.15, 0.2) is 11.5 Å². The van der Waals surface area contributed by atoms with Crippen molar-refractivity contribution in [2.45, 2.75) is 12.5 Å². The maximum Gasteiger partial charge on any atom is 0.203 e. The summed E-state index contributed by atoms with van der Waals surface area (Å²) in [5.74, 6) is 1.58. The van der Waals surface area contributed by atoms with Gasteiger partial charge in [0.25, 0.3) is 0 Å². The molecule has 0 amide bonds. The molecule has 5 nitrogen and oxygen atoms in total. The van der Waals surface area contributed by atoms with Crippen LogP contribution in [0.4, 0.5) is 0 Å². The molecule has 0 bridgehead atoms. The number of methoxy groups -OCH3 is 3. The molecule has 0 aliphatic carbocycles. The summed E-state index contributed by atoms with van der Waals surface area (Å²) in [7, 11) is 4.59. The predicted octanol–water partition coefficient (Wildman–Crippen LogP) is 0.608. The van der Waals surface area contributed by atoms with E-state index in [9.17, 15) is 5.11 Å². The van der Waals surface area contributed by atoms with E-state index in [0.29, 0.717) is 23.7 Å². The van der Waals surface area contributed by atoms with Gasteiger partial charge in [-0.2, -0.15) is 0 Å². The highest BCUT2D eigenvalue weighted by molar-refractivity contribution is 5.53. The maximum atomic E-state index is 9.40. The molecule has 0 aliphatic heterocycles. The lowest BCUT2D eigenvalue weighted by Crippen LogP contribution is -2.15. The van der Waals surface area contributed by atoms with E-state index in [1.165, 1.54) is 21.3 Å². The molecule has 96 valence electrons. The van der Waals surface area contributed by atoms with Crippen LogP contribution in [0.5, 0.6) is 17.2 Å². The normalized spacial score (nSPS) is 12.1. The van der Waals surface area contributed by atoms with Gasteiger partial charge in [0.05, 0.1) is 34.0 Å². The highest BCUT2D eigenvalue weighted by Crippen LogP contribution is 2.38. The molecule has 0 saturated carbocycles. The van der Waals surface area contributed by atoms with Crippen LogP contribution >= 0.6 is 0 Å². The van der Waals surface area contributed by atoms with Crippen LogP contribution in [-0.4, -0.2) is 44.3 Å². The SMILES string of the molecule is COc1cc(CC(O)CO)cc(OC)c1OC. The second-order valence-electron chi connectivity index (χ2n) is 3.57. The summed E-state index contributed by atoms with van der Waals surface area (Å²) in [4.78, 5) is 0. The van der Waals surface area contributed by atoms with Crippen molar-refractivity contribution in [1.29, 1.82) is 0 Å². The number of aliphatic hydroxyl groups excluding tert-OH is 2. The van der Waals surface area contributed by atoms with Crippen molar-refractivity contribution < 1.29 is 24.4 Å². The van der Waals surface area contributed by atoms with E-state index < -0.39 is 6.10 Å². The van der Waals surface area contributed by atoms with E-state index in [1.54, 1.807) is 12.1 Å². The van der Waals surface area contributed by atoms with Gasteiger partial charge in [-0.1, -0.05) is 0 Å². The average Bonchev–Trinajstić information content (AvgIpc) is 2.37. The number of aliphatic hydroxyl groups is 2. The Kier molecular flexibility index (Phi) is 5.06. The number of rotatable bonds is 6. The average molecular weight is 242 g/mol. The van der Waals surface area contributed by atoms with Gasteiger partial charge in [-0.25, -0.2) is 0 Å². The molecule has 1 rings (SSSR count). The van der Waals surface area contributed by atoms with Gasteiger partial charge < -0.3 is 24.4 Å². The first-order chi connectivity index (χ1) is 8.15. The maximum absolute atomic E-state index is 9.40. The highest BCUT2D eigenvalue weighted by atomic mass is 16.5. The lowest BCUT2D eigenvalue weighted by atomic mass is 10.1. The molecule has 0 aromatic heterocycles. The first-order valence-corrected chi connectivity index (χ1v) is 5.24. The molecular weight excluding hydrogens is 224 g/mol. The van der Waals surface area contributed by atoms with E-state index in [4.69, 9.17) is 19.3 Å². The van der Waals surface area contributed by atoms with Gasteiger partial charge in [0, 0.05) is 6.42 Å². The molecule has 0 fully saturated rings. The van der Waals surface area contributed by atoms with Crippen LogP contribution < -0.4 is 14.2 Å². The van der Waals surface area contributed by atoms with Crippen LogP contribution in [0.25, 0.3) is 0 Å². The van der Waals surface area contributed by atoms with Crippen molar-refractivity contribution in [2.75, 3.05) is 27.9 Å². The number of hydrogen-bond acceptors (Lipinski definition) is 5. The van der Waals surface area contributed by atoms with E-state index in [-0.39, 0.29) is 6.61 Å². The van der Waals surface area contributed by atoms with Crippen LogP contribution in [0.2, 0.25) is 0 Å². The third-order valence-corrected chi connectivity index (χ3v) is 2.41. The molecular formula is C12H18O5. The minimum absolute atomic E-state index is 0.281. The fourth-order valence-electron chi connectivity index (χ4n) is 1.59. The van der Waals surface area contributed by atoms with Crippen LogP contribution in [-0.2, 0) is 6.42 Å². The second-order valence-corrected chi connectivity index (χ2v) is 3.57. The van der Waals surface area contributed by atoms with Crippen molar-refractivity contribution >= 4 is 0 Å². The highest BCUT2D eigenvalue weighted by Gasteiger charge is 2.14. The van der Waals surface area contributed by atoms with E-state index in [0.717, 1.165) is 5.56 Å². The summed E-state index contributed by atoms with van der Waals surface area (Å²) in [6.07, 6.45) is -0.467. The van der Waals surface area contributed by atoms with Gasteiger partial charge in [-0.3, -0.25) is 0 Å². The van der Waals surface area contributed by atoms with Crippen molar-refractivity contribution in [1.82, 2.24) is 0 Å². The zero-order valence-corrected chi connectivity index (χ0v) is 10.3. The fraction of sp³-hybridized carbons (Fsp3) is 0.500. The molecule has 1 aromatic rings. The largest absolute Gasteiger partial charge is 0.493 e. The van der Waals surface area contributed by atoms with E-state index >= 15 is 0 Å². The van der Waals surface area contributed by atoms with Gasteiger partial charge in [-0.05, 0) is 17.7 Å². The van der Waals surface area contributed by atoms with E-state index in [1.807, 2.05) is 0 Å². The van der Waals surface area contributed by atoms with Crippen LogP contribution in [0.1, 0.15) is 5.56 Å². The Bertz CT molecular complexity index is 339. The minimum Gasteiger partial charge on any atom is -0.493 e. The zero-order valence-electron chi connectivity index (χ0n) is 10.3.